The predicted octanol–water partition coefficient (Wildman–Crippen LogP) is 2.69. The fourth-order valence-electron chi connectivity index (χ4n) is 3.07. The molecule has 1 aliphatic heterocycles. The molecule has 2 aromatic rings. The first kappa shape index (κ1) is 16.7. The molecule has 0 saturated carbocycles. The molecule has 1 aromatic carbocycles. The summed E-state index contributed by atoms with van der Waals surface area (Å²) in [5, 5.41) is 0.662. The molecule has 1 fully saturated rings. The smallest absolute Gasteiger partial charge is 0.249 e. The molecular formula is C17H19ClN4O2. The zero-order chi connectivity index (χ0) is 17.1. The molecule has 0 spiro atoms. The molecule has 7 heteroatoms. The number of hydrogen-bond acceptors (Lipinski definition) is 5. The van der Waals surface area contributed by atoms with Crippen LogP contribution in [0.15, 0.2) is 30.5 Å². The van der Waals surface area contributed by atoms with Gasteiger partial charge in [-0.3, -0.25) is 4.79 Å². The second-order valence-electron chi connectivity index (χ2n) is 5.71. The highest BCUT2D eigenvalue weighted by Gasteiger charge is 2.32. The van der Waals surface area contributed by atoms with E-state index in [1.54, 1.807) is 6.20 Å². The summed E-state index contributed by atoms with van der Waals surface area (Å²) in [6, 6.07) is 7.34. The Morgan fingerprint density at radius 3 is 2.88 bits per heavy atom. The summed E-state index contributed by atoms with van der Waals surface area (Å²) in [6.07, 6.45) is 3.47. The fourth-order valence-corrected chi connectivity index (χ4v) is 3.20. The van der Waals surface area contributed by atoms with Crippen molar-refractivity contribution in [2.75, 3.05) is 26.0 Å². The first-order valence-electron chi connectivity index (χ1n) is 7.77. The van der Waals surface area contributed by atoms with Crippen molar-refractivity contribution in [1.29, 1.82) is 0 Å². The number of anilines is 1. The molecule has 1 atom stereocenters. The van der Waals surface area contributed by atoms with Crippen molar-refractivity contribution in [2.24, 2.45) is 0 Å². The number of rotatable bonds is 4. The van der Waals surface area contributed by atoms with Crippen LogP contribution in [-0.2, 0) is 9.53 Å². The van der Waals surface area contributed by atoms with Crippen LogP contribution in [0, 0.1) is 0 Å². The number of benzene rings is 1. The molecule has 6 nitrogen and oxygen atoms in total. The number of hydrogen-bond donors (Lipinski definition) is 1. The lowest BCUT2D eigenvalue weighted by atomic mass is 10.00. The van der Waals surface area contributed by atoms with Crippen LogP contribution in [0.5, 0.6) is 0 Å². The zero-order valence-corrected chi connectivity index (χ0v) is 14.2. The maximum Gasteiger partial charge on any atom is 0.249 e. The largest absolute Gasteiger partial charge is 0.375 e. The van der Waals surface area contributed by atoms with E-state index in [0.29, 0.717) is 11.6 Å². The summed E-state index contributed by atoms with van der Waals surface area (Å²) >= 11 is 5.97. The van der Waals surface area contributed by atoms with Crippen molar-refractivity contribution in [1.82, 2.24) is 14.9 Å². The maximum atomic E-state index is 12.3. The van der Waals surface area contributed by atoms with E-state index in [4.69, 9.17) is 22.1 Å². The molecule has 3 rings (SSSR count). The third kappa shape index (κ3) is 3.34. The Balaban J connectivity index is 2.01. The second kappa shape index (κ2) is 7.15. The van der Waals surface area contributed by atoms with Crippen LogP contribution in [0.3, 0.4) is 0 Å². The number of nitrogens with zero attached hydrogens (tertiary/aromatic N) is 3. The summed E-state index contributed by atoms with van der Waals surface area (Å²) in [6.45, 7) is 0.754. The quantitative estimate of drug-likeness (QED) is 0.920. The van der Waals surface area contributed by atoms with Gasteiger partial charge in [-0.05, 0) is 30.5 Å². The van der Waals surface area contributed by atoms with E-state index >= 15 is 0 Å². The molecule has 1 amide bonds. The Morgan fingerprint density at radius 1 is 1.42 bits per heavy atom. The lowest BCUT2D eigenvalue weighted by Crippen LogP contribution is -2.34. The first-order valence-corrected chi connectivity index (χ1v) is 8.14. The number of likely N-dealkylation sites (tertiary alicyclic amines) is 1. The molecule has 0 bridgehead atoms. The van der Waals surface area contributed by atoms with Gasteiger partial charge in [-0.25, -0.2) is 9.97 Å². The number of nitrogens with two attached hydrogens (primary N) is 1. The van der Waals surface area contributed by atoms with Gasteiger partial charge in [0.15, 0.2) is 0 Å². The molecule has 0 radical (unpaired) electrons. The van der Waals surface area contributed by atoms with Crippen molar-refractivity contribution >= 4 is 23.5 Å². The normalized spacial score (nSPS) is 17.2. The monoisotopic (exact) mass is 346 g/mol. The Hall–Kier alpha value is -2.18. The number of ether oxygens (including phenoxy) is 1. The molecule has 2 heterocycles. The molecule has 0 unspecified atom stereocenters. The number of aromatic nitrogens is 2. The Kier molecular flexibility index (Phi) is 4.97. The molecule has 126 valence electrons. The number of carbonyl (C=O) groups excluding carboxylic acids is 1. The first-order chi connectivity index (χ1) is 11.6. The summed E-state index contributed by atoms with van der Waals surface area (Å²) in [5.41, 5.74) is 8.38. The average molecular weight is 347 g/mol. The maximum absolute atomic E-state index is 12.3. The minimum atomic E-state index is -0.122. The van der Waals surface area contributed by atoms with Crippen molar-refractivity contribution in [3.63, 3.8) is 0 Å². The summed E-state index contributed by atoms with van der Waals surface area (Å²) < 4.78 is 4.99. The van der Waals surface area contributed by atoms with Crippen LogP contribution in [0.1, 0.15) is 24.6 Å². The Morgan fingerprint density at radius 2 is 2.17 bits per heavy atom. The van der Waals surface area contributed by atoms with Gasteiger partial charge >= 0.3 is 0 Å². The van der Waals surface area contributed by atoms with Crippen molar-refractivity contribution in [3.05, 3.63) is 41.2 Å². The summed E-state index contributed by atoms with van der Waals surface area (Å²) in [5.74, 6) is 0.160. The second-order valence-corrected chi connectivity index (χ2v) is 6.15. The number of halogens is 1. The van der Waals surface area contributed by atoms with Crippen LogP contribution in [-0.4, -0.2) is 41.0 Å². The number of methoxy groups -OCH3 is 1. The van der Waals surface area contributed by atoms with E-state index in [1.807, 2.05) is 29.2 Å². The fraction of sp³-hybridized carbons (Fsp3) is 0.353. The van der Waals surface area contributed by atoms with E-state index in [-0.39, 0.29) is 24.5 Å². The van der Waals surface area contributed by atoms with Crippen LogP contribution >= 0.6 is 11.6 Å². The molecular weight excluding hydrogens is 328 g/mol. The van der Waals surface area contributed by atoms with Gasteiger partial charge in [0.1, 0.15) is 6.61 Å². The van der Waals surface area contributed by atoms with Gasteiger partial charge < -0.3 is 15.4 Å². The number of nitrogen functional groups attached to an aromatic ring is 1. The van der Waals surface area contributed by atoms with E-state index in [1.165, 1.54) is 7.11 Å². The molecule has 1 aliphatic rings. The highest BCUT2D eigenvalue weighted by Crippen LogP contribution is 2.36. The van der Waals surface area contributed by atoms with Gasteiger partial charge in [-0.1, -0.05) is 23.7 Å². The minimum absolute atomic E-state index is 0.0424. The van der Waals surface area contributed by atoms with Gasteiger partial charge in [0.25, 0.3) is 0 Å². The highest BCUT2D eigenvalue weighted by molar-refractivity contribution is 6.30. The van der Waals surface area contributed by atoms with Crippen molar-refractivity contribution in [3.8, 4) is 11.1 Å². The lowest BCUT2D eigenvalue weighted by molar-refractivity contribution is -0.136. The summed E-state index contributed by atoms with van der Waals surface area (Å²) in [7, 11) is 1.52. The van der Waals surface area contributed by atoms with Crippen LogP contribution in [0.25, 0.3) is 11.1 Å². The lowest BCUT2D eigenvalue weighted by Gasteiger charge is -2.25. The van der Waals surface area contributed by atoms with E-state index in [2.05, 4.69) is 9.97 Å². The van der Waals surface area contributed by atoms with Gasteiger partial charge in [0.05, 0.1) is 11.7 Å². The predicted molar refractivity (Wildman–Crippen MR) is 92.5 cm³/mol. The van der Waals surface area contributed by atoms with Crippen LogP contribution < -0.4 is 5.73 Å². The Labute approximate surface area is 145 Å². The summed E-state index contributed by atoms with van der Waals surface area (Å²) in [4.78, 5) is 22.7. The topological polar surface area (TPSA) is 81.3 Å². The average Bonchev–Trinajstić information content (AvgIpc) is 3.05. The molecule has 1 aromatic heterocycles. The SMILES string of the molecule is COCC(=O)N1CCC[C@@H]1c1nc(N)ncc1-c1ccc(Cl)cc1. The van der Waals surface area contributed by atoms with E-state index in [0.717, 1.165) is 29.7 Å². The molecule has 24 heavy (non-hydrogen) atoms. The number of carbonyl (C=O) groups is 1. The molecule has 0 aliphatic carbocycles. The van der Waals surface area contributed by atoms with Gasteiger partial charge in [-0.2, -0.15) is 0 Å². The van der Waals surface area contributed by atoms with Crippen LogP contribution in [0.4, 0.5) is 5.95 Å². The minimum Gasteiger partial charge on any atom is -0.375 e. The third-order valence-corrected chi connectivity index (χ3v) is 4.40. The molecule has 2 N–H and O–H groups in total. The van der Waals surface area contributed by atoms with Gasteiger partial charge in [-0.15, -0.1) is 0 Å². The van der Waals surface area contributed by atoms with Crippen molar-refractivity contribution < 1.29 is 9.53 Å². The van der Waals surface area contributed by atoms with Crippen molar-refractivity contribution in [2.45, 2.75) is 18.9 Å². The standard InChI is InChI=1S/C17H19ClN4O2/c1-24-10-15(23)22-8-2-3-14(22)16-13(9-20-17(19)21-16)11-4-6-12(18)7-5-11/h4-7,9,14H,2-3,8,10H2,1H3,(H2,19,20,21)/t14-/m1/s1. The zero-order valence-electron chi connectivity index (χ0n) is 13.4. The number of amides is 1. The third-order valence-electron chi connectivity index (χ3n) is 4.15. The van der Waals surface area contributed by atoms with Crippen LogP contribution in [0.2, 0.25) is 5.02 Å². The van der Waals surface area contributed by atoms with Gasteiger partial charge in [0, 0.05) is 30.4 Å². The highest BCUT2D eigenvalue weighted by atomic mass is 35.5. The Bertz CT molecular complexity index is 736. The molecule has 1 saturated heterocycles. The van der Waals surface area contributed by atoms with Gasteiger partial charge in [0.2, 0.25) is 11.9 Å². The van der Waals surface area contributed by atoms with E-state index in [9.17, 15) is 4.79 Å². The van der Waals surface area contributed by atoms with E-state index < -0.39 is 0 Å².